The van der Waals surface area contributed by atoms with E-state index in [1.165, 1.54) is 0 Å². The van der Waals surface area contributed by atoms with Crippen molar-refractivity contribution in [1.82, 2.24) is 0 Å². The van der Waals surface area contributed by atoms with Crippen molar-refractivity contribution in [3.63, 3.8) is 0 Å². The van der Waals surface area contributed by atoms with Crippen LogP contribution in [0.5, 0.6) is 0 Å². The molecule has 0 spiro atoms. The SMILES string of the molecule is CCN(CCO)c1cccc(NS(=O)(=O)c2ccccc2)c1. The standard InChI is InChI=1S/C16H20N2O3S/c1-2-18(11-12-19)15-8-6-7-14(13-15)17-22(20,21)16-9-4-3-5-10-16/h3-10,13,17,19H,2,11-12H2,1H3. The first-order chi connectivity index (χ1) is 10.6. The molecule has 2 aromatic carbocycles. The van der Waals surface area contributed by atoms with E-state index in [1.54, 1.807) is 48.5 Å². The summed E-state index contributed by atoms with van der Waals surface area (Å²) >= 11 is 0. The highest BCUT2D eigenvalue weighted by Crippen LogP contribution is 2.22. The Hall–Kier alpha value is -2.05. The minimum absolute atomic E-state index is 0.0494. The van der Waals surface area contributed by atoms with E-state index in [1.807, 2.05) is 17.9 Å². The van der Waals surface area contributed by atoms with Gasteiger partial charge in [-0.2, -0.15) is 0 Å². The van der Waals surface area contributed by atoms with Crippen molar-refractivity contribution in [1.29, 1.82) is 0 Å². The highest BCUT2D eigenvalue weighted by molar-refractivity contribution is 7.92. The number of hydrogen-bond donors (Lipinski definition) is 2. The Balaban J connectivity index is 2.24. The Bertz CT molecular complexity index is 702. The lowest BCUT2D eigenvalue weighted by molar-refractivity contribution is 0.302. The van der Waals surface area contributed by atoms with Crippen LogP contribution in [0, 0.1) is 0 Å². The molecule has 22 heavy (non-hydrogen) atoms. The zero-order chi connectivity index (χ0) is 16.0. The minimum atomic E-state index is -3.59. The number of likely N-dealkylation sites (N-methyl/N-ethyl adjacent to an activating group) is 1. The Morgan fingerprint density at radius 3 is 2.45 bits per heavy atom. The summed E-state index contributed by atoms with van der Waals surface area (Å²) in [6, 6.07) is 15.4. The second-order valence-electron chi connectivity index (χ2n) is 4.77. The molecule has 2 aromatic rings. The minimum Gasteiger partial charge on any atom is -0.395 e. The van der Waals surface area contributed by atoms with Crippen molar-refractivity contribution >= 4 is 21.4 Å². The average Bonchev–Trinajstić information content (AvgIpc) is 2.53. The van der Waals surface area contributed by atoms with Gasteiger partial charge in [-0.25, -0.2) is 8.42 Å². The zero-order valence-electron chi connectivity index (χ0n) is 12.4. The molecule has 0 aliphatic heterocycles. The van der Waals surface area contributed by atoms with E-state index in [0.29, 0.717) is 12.2 Å². The molecule has 0 saturated heterocycles. The largest absolute Gasteiger partial charge is 0.395 e. The summed E-state index contributed by atoms with van der Waals surface area (Å²) in [6.45, 7) is 3.27. The lowest BCUT2D eigenvalue weighted by Gasteiger charge is -2.22. The lowest BCUT2D eigenvalue weighted by atomic mass is 10.2. The molecule has 0 aliphatic carbocycles. The zero-order valence-corrected chi connectivity index (χ0v) is 13.3. The van der Waals surface area contributed by atoms with Gasteiger partial charge in [0.05, 0.1) is 17.2 Å². The molecular weight excluding hydrogens is 300 g/mol. The van der Waals surface area contributed by atoms with Crippen molar-refractivity contribution in [3.05, 3.63) is 54.6 Å². The third-order valence-corrected chi connectivity index (χ3v) is 4.67. The van der Waals surface area contributed by atoms with Gasteiger partial charge >= 0.3 is 0 Å². The van der Waals surface area contributed by atoms with Crippen LogP contribution in [0.25, 0.3) is 0 Å². The molecule has 0 heterocycles. The van der Waals surface area contributed by atoms with Crippen LogP contribution in [-0.4, -0.2) is 33.2 Å². The smallest absolute Gasteiger partial charge is 0.261 e. The van der Waals surface area contributed by atoms with Gasteiger partial charge in [-0.1, -0.05) is 24.3 Å². The maximum Gasteiger partial charge on any atom is 0.261 e. The molecule has 0 saturated carbocycles. The van der Waals surface area contributed by atoms with E-state index in [-0.39, 0.29) is 11.5 Å². The normalized spacial score (nSPS) is 11.2. The number of anilines is 2. The quantitative estimate of drug-likeness (QED) is 0.821. The fourth-order valence-corrected chi connectivity index (χ4v) is 3.24. The topological polar surface area (TPSA) is 69.6 Å². The van der Waals surface area contributed by atoms with Gasteiger partial charge in [0.15, 0.2) is 0 Å². The van der Waals surface area contributed by atoms with Gasteiger partial charge in [-0.3, -0.25) is 4.72 Å². The molecule has 0 bridgehead atoms. The van der Waals surface area contributed by atoms with Gasteiger partial charge in [0.2, 0.25) is 0 Å². The fraction of sp³-hybridized carbons (Fsp3) is 0.250. The molecular formula is C16H20N2O3S. The first kappa shape index (κ1) is 16.3. The van der Waals surface area contributed by atoms with E-state index in [9.17, 15) is 8.42 Å². The van der Waals surface area contributed by atoms with Gasteiger partial charge in [0, 0.05) is 18.8 Å². The van der Waals surface area contributed by atoms with Crippen LogP contribution in [0.2, 0.25) is 0 Å². The average molecular weight is 320 g/mol. The van der Waals surface area contributed by atoms with E-state index < -0.39 is 10.0 Å². The van der Waals surface area contributed by atoms with Crippen molar-refractivity contribution in [2.24, 2.45) is 0 Å². The van der Waals surface area contributed by atoms with Gasteiger partial charge in [0.1, 0.15) is 0 Å². The van der Waals surface area contributed by atoms with Crippen molar-refractivity contribution in [2.45, 2.75) is 11.8 Å². The highest BCUT2D eigenvalue weighted by Gasteiger charge is 2.14. The first-order valence-electron chi connectivity index (χ1n) is 7.10. The number of nitrogens with zero attached hydrogens (tertiary/aromatic N) is 1. The molecule has 6 heteroatoms. The third kappa shape index (κ3) is 3.99. The molecule has 0 atom stereocenters. The summed E-state index contributed by atoms with van der Waals surface area (Å²) in [5, 5.41) is 9.08. The number of aliphatic hydroxyl groups is 1. The number of benzene rings is 2. The summed E-state index contributed by atoms with van der Waals surface area (Å²) < 4.78 is 27.2. The number of nitrogens with one attached hydrogen (secondary N) is 1. The monoisotopic (exact) mass is 320 g/mol. The molecule has 0 aromatic heterocycles. The van der Waals surface area contributed by atoms with Crippen molar-refractivity contribution in [3.8, 4) is 0 Å². The van der Waals surface area contributed by atoms with E-state index in [4.69, 9.17) is 5.11 Å². The molecule has 0 amide bonds. The molecule has 0 fully saturated rings. The first-order valence-corrected chi connectivity index (χ1v) is 8.59. The van der Waals surface area contributed by atoms with E-state index >= 15 is 0 Å². The number of sulfonamides is 1. The number of hydrogen-bond acceptors (Lipinski definition) is 4. The molecule has 5 nitrogen and oxygen atoms in total. The van der Waals surface area contributed by atoms with Crippen LogP contribution < -0.4 is 9.62 Å². The Kier molecular flexibility index (Phi) is 5.41. The van der Waals surface area contributed by atoms with Crippen LogP contribution in [0.1, 0.15) is 6.92 Å². The van der Waals surface area contributed by atoms with Gasteiger partial charge in [0.25, 0.3) is 10.0 Å². The number of rotatable bonds is 7. The third-order valence-electron chi connectivity index (χ3n) is 3.27. The maximum atomic E-state index is 12.3. The Morgan fingerprint density at radius 1 is 1.09 bits per heavy atom. The second kappa shape index (κ2) is 7.29. The van der Waals surface area contributed by atoms with Gasteiger partial charge in [-0.05, 0) is 37.3 Å². The molecule has 118 valence electrons. The van der Waals surface area contributed by atoms with Crippen molar-refractivity contribution in [2.75, 3.05) is 29.3 Å². The predicted octanol–water partition coefficient (Wildman–Crippen LogP) is 2.31. The molecule has 0 aliphatic rings. The molecule has 2 rings (SSSR count). The van der Waals surface area contributed by atoms with Gasteiger partial charge < -0.3 is 10.0 Å². The van der Waals surface area contributed by atoms with Gasteiger partial charge in [-0.15, -0.1) is 0 Å². The summed E-state index contributed by atoms with van der Waals surface area (Å²) in [5.74, 6) is 0. The number of aliphatic hydroxyl groups excluding tert-OH is 1. The highest BCUT2D eigenvalue weighted by atomic mass is 32.2. The van der Waals surface area contributed by atoms with Crippen LogP contribution in [-0.2, 0) is 10.0 Å². The lowest BCUT2D eigenvalue weighted by Crippen LogP contribution is -2.26. The van der Waals surface area contributed by atoms with E-state index in [2.05, 4.69) is 4.72 Å². The van der Waals surface area contributed by atoms with Crippen LogP contribution in [0.15, 0.2) is 59.5 Å². The Morgan fingerprint density at radius 2 is 1.82 bits per heavy atom. The van der Waals surface area contributed by atoms with Crippen LogP contribution in [0.3, 0.4) is 0 Å². The molecule has 2 N–H and O–H groups in total. The van der Waals surface area contributed by atoms with Crippen LogP contribution >= 0.6 is 0 Å². The molecule has 0 unspecified atom stereocenters. The predicted molar refractivity (Wildman–Crippen MR) is 88.7 cm³/mol. The van der Waals surface area contributed by atoms with Crippen LogP contribution in [0.4, 0.5) is 11.4 Å². The summed E-state index contributed by atoms with van der Waals surface area (Å²) in [5.41, 5.74) is 1.36. The summed E-state index contributed by atoms with van der Waals surface area (Å²) in [7, 11) is -3.59. The summed E-state index contributed by atoms with van der Waals surface area (Å²) in [6.07, 6.45) is 0. The molecule has 0 radical (unpaired) electrons. The second-order valence-corrected chi connectivity index (χ2v) is 6.45. The Labute approximate surface area is 131 Å². The maximum absolute atomic E-state index is 12.3. The summed E-state index contributed by atoms with van der Waals surface area (Å²) in [4.78, 5) is 2.20. The fourth-order valence-electron chi connectivity index (χ4n) is 2.17. The van der Waals surface area contributed by atoms with E-state index in [0.717, 1.165) is 12.2 Å². The van der Waals surface area contributed by atoms with Crippen molar-refractivity contribution < 1.29 is 13.5 Å².